The lowest BCUT2D eigenvalue weighted by Crippen LogP contribution is -2.14. The number of carbonyl (C=O) groups is 2. The Morgan fingerprint density at radius 1 is 0.589 bits per heavy atom. The summed E-state index contributed by atoms with van der Waals surface area (Å²) in [5, 5.41) is 15.8. The molecule has 0 spiro atoms. The summed E-state index contributed by atoms with van der Waals surface area (Å²) >= 11 is 0. The number of nitrogens with one attached hydrogen (secondary N) is 2. The van der Waals surface area contributed by atoms with Crippen molar-refractivity contribution < 1.29 is 55.2 Å². The van der Waals surface area contributed by atoms with Gasteiger partial charge in [-0.25, -0.2) is 9.97 Å². The number of fused-ring (bicyclic) bond motifs is 2. The number of Topliss-reactive ketones (excluding diaryl/α,β-unsaturated/α-hetero) is 2. The van der Waals surface area contributed by atoms with Crippen LogP contribution in [0.25, 0.3) is 33.4 Å². The monoisotopic (exact) mass is 1010 g/mol. The van der Waals surface area contributed by atoms with Crippen LogP contribution in [-0.4, -0.2) is 68.3 Å². The predicted octanol–water partition coefficient (Wildman–Crippen LogP) is 14.7. The van der Waals surface area contributed by atoms with Crippen molar-refractivity contribution in [1.29, 1.82) is 0 Å². The summed E-state index contributed by atoms with van der Waals surface area (Å²) in [5.74, 6) is 2.00. The molecule has 18 heteroatoms. The quantitative estimate of drug-likeness (QED) is 0.0529. The molecule has 0 aliphatic carbocycles. The molecule has 3 N–H and O–H groups in total. The van der Waals surface area contributed by atoms with Gasteiger partial charge in [0, 0.05) is 72.7 Å². The van der Waals surface area contributed by atoms with Crippen LogP contribution in [0.3, 0.4) is 0 Å². The molecule has 0 atom stereocenters. The first-order valence-corrected chi connectivity index (χ1v) is 23.5. The Morgan fingerprint density at radius 3 is 1.42 bits per heavy atom. The van der Waals surface area contributed by atoms with E-state index in [2.05, 4.69) is 20.6 Å². The van der Waals surface area contributed by atoms with E-state index in [0.29, 0.717) is 80.4 Å². The second-order valence-corrected chi connectivity index (χ2v) is 17.2. The van der Waals surface area contributed by atoms with Gasteiger partial charge < -0.3 is 30.0 Å². The normalized spacial score (nSPS) is 11.5. The van der Waals surface area contributed by atoms with Crippen molar-refractivity contribution in [2.75, 3.05) is 30.8 Å². The van der Waals surface area contributed by atoms with Crippen LogP contribution in [0, 0.1) is 13.8 Å². The van der Waals surface area contributed by atoms with Gasteiger partial charge in [-0.15, -0.1) is 0 Å². The van der Waals surface area contributed by atoms with Crippen LogP contribution in [-0.2, 0) is 0 Å². The number of alkyl halides is 6. The molecule has 2 aromatic heterocycles. The Bertz CT molecular complexity index is 3240. The van der Waals surface area contributed by atoms with E-state index in [0.717, 1.165) is 35.3 Å². The number of imidazole rings is 2. The van der Waals surface area contributed by atoms with E-state index in [1.807, 2.05) is 62.6 Å². The largest absolute Gasteiger partial charge is 0.504 e. The molecule has 12 nitrogen and oxygen atoms in total. The van der Waals surface area contributed by atoms with E-state index < -0.39 is 25.2 Å². The van der Waals surface area contributed by atoms with Crippen molar-refractivity contribution in [2.24, 2.45) is 0 Å². The molecule has 0 saturated carbocycles. The average Bonchev–Trinajstić information content (AvgIpc) is 3.97. The number of aromatic nitrogens is 4. The summed E-state index contributed by atoms with van der Waals surface area (Å²) in [5.41, 5.74) is 7.45. The number of hydrogen-bond donors (Lipinski definition) is 3. The van der Waals surface area contributed by atoms with Gasteiger partial charge in [0.2, 0.25) is 0 Å². The van der Waals surface area contributed by atoms with Gasteiger partial charge in [0.05, 0.1) is 42.4 Å². The third kappa shape index (κ3) is 13.3. The molecule has 8 aromatic rings. The number of methoxy groups -OCH3 is 1. The minimum absolute atomic E-state index is 0.0688. The van der Waals surface area contributed by atoms with E-state index in [4.69, 9.17) is 14.2 Å². The maximum Gasteiger partial charge on any atom is 0.390 e. The van der Waals surface area contributed by atoms with Gasteiger partial charge in [-0.05, 0) is 98.5 Å². The molecule has 0 saturated heterocycles. The topological polar surface area (TPSA) is 142 Å². The van der Waals surface area contributed by atoms with E-state index in [-0.39, 0.29) is 36.2 Å². The fraction of sp³-hybridized carbons (Fsp3) is 0.273. The number of aromatic hydroxyl groups is 1. The van der Waals surface area contributed by atoms with E-state index in [1.54, 1.807) is 90.0 Å². The van der Waals surface area contributed by atoms with Gasteiger partial charge in [0.15, 0.2) is 34.6 Å². The maximum atomic E-state index is 12.8. The Labute approximate surface area is 417 Å². The van der Waals surface area contributed by atoms with Gasteiger partial charge in [-0.2, -0.15) is 26.3 Å². The molecule has 0 fully saturated rings. The zero-order valence-corrected chi connectivity index (χ0v) is 40.7. The van der Waals surface area contributed by atoms with Crippen LogP contribution >= 0.6 is 0 Å². The maximum absolute atomic E-state index is 12.8. The van der Waals surface area contributed by atoms with Crippen molar-refractivity contribution in [3.05, 3.63) is 144 Å². The molecule has 0 radical (unpaired) electrons. The third-order valence-corrected chi connectivity index (χ3v) is 11.6. The number of phenols is 1. The molecule has 0 aliphatic rings. The second-order valence-electron chi connectivity index (χ2n) is 17.2. The lowest BCUT2D eigenvalue weighted by Gasteiger charge is -2.15. The first-order valence-electron chi connectivity index (χ1n) is 23.5. The molecule has 8 rings (SSSR count). The van der Waals surface area contributed by atoms with Crippen LogP contribution < -0.4 is 24.8 Å². The summed E-state index contributed by atoms with van der Waals surface area (Å²) in [6.07, 6.45) is -4.93. The van der Waals surface area contributed by atoms with Crippen LogP contribution in [0.4, 0.5) is 37.7 Å². The van der Waals surface area contributed by atoms with Crippen molar-refractivity contribution in [2.45, 2.75) is 78.6 Å². The lowest BCUT2D eigenvalue weighted by molar-refractivity contribution is -0.132. The summed E-state index contributed by atoms with van der Waals surface area (Å²) in [6.45, 7) is 7.02. The van der Waals surface area contributed by atoms with E-state index in [9.17, 15) is 41.0 Å². The third-order valence-electron chi connectivity index (χ3n) is 11.6. The number of ether oxygens (including phenoxy) is 3. The van der Waals surface area contributed by atoms with Gasteiger partial charge >= 0.3 is 12.4 Å². The first-order chi connectivity index (χ1) is 34.9. The lowest BCUT2D eigenvalue weighted by atomic mass is 10.0. The highest BCUT2D eigenvalue weighted by atomic mass is 19.4. The molecule has 0 aliphatic heterocycles. The van der Waals surface area contributed by atoms with Gasteiger partial charge in [-0.3, -0.25) is 18.7 Å². The number of benzene rings is 6. The number of carbonyl (C=O) groups excluding carboxylic acids is 2. The highest BCUT2D eigenvalue weighted by molar-refractivity contribution is 5.99. The number of nitrogens with zero attached hydrogens (tertiary/aromatic N) is 4. The van der Waals surface area contributed by atoms with Crippen molar-refractivity contribution >= 4 is 45.0 Å². The van der Waals surface area contributed by atoms with Crippen LogP contribution in [0.15, 0.2) is 122 Å². The Balaban J connectivity index is 0.000000214. The Hall–Kier alpha value is -8.02. The standard InChI is InChI=1S/C28H28F3N3O3.C27H26F3N3O3/c1-4-7-24(35)21-11-10-19(14-18(21)2)34-17-33-27-22(32-13-12-28(29,30)31)15-20(16-23(27)34)37-26-9-6-5-8-25(26)36-3;1-3-6-23(34)20-10-9-18(13-17(20)2)33-16-32-26-21(31-12-11-27(28,29)30)14-19(15-22(26)33)36-25-8-5-4-7-24(25)35/h5-6,8-11,14-17,32H,4,7,12-13H2,1-3H3;4-5,7-10,13-16,31,35H,3,6,11-12H2,1-2H3. The number of halogens is 6. The highest BCUT2D eigenvalue weighted by Gasteiger charge is 2.28. The number of phenolic OH excluding ortho intramolecular Hbond substituents is 1. The summed E-state index contributed by atoms with van der Waals surface area (Å²) in [4.78, 5) is 33.7. The molecule has 0 amide bonds. The molecular weight excluding hydrogens is 955 g/mol. The molecular formula is C55H54F6N6O6. The zero-order valence-electron chi connectivity index (χ0n) is 40.7. The van der Waals surface area contributed by atoms with Crippen molar-refractivity contribution in [3.8, 4) is 45.9 Å². The first kappa shape index (κ1) is 52.8. The summed E-state index contributed by atoms with van der Waals surface area (Å²) in [7, 11) is 1.53. The fourth-order valence-electron chi connectivity index (χ4n) is 8.10. The van der Waals surface area contributed by atoms with Crippen molar-refractivity contribution in [3.63, 3.8) is 0 Å². The highest BCUT2D eigenvalue weighted by Crippen LogP contribution is 2.38. The average molecular weight is 1010 g/mol. The fourth-order valence-corrected chi connectivity index (χ4v) is 8.10. The second kappa shape index (κ2) is 23.0. The van der Waals surface area contributed by atoms with Crippen LogP contribution in [0.5, 0.6) is 34.5 Å². The van der Waals surface area contributed by atoms with Gasteiger partial charge in [0.25, 0.3) is 0 Å². The SMILES string of the molecule is CCCC(=O)c1ccc(-n2cnc3c(NCCC(F)(F)F)cc(Oc4ccccc4O)cc32)cc1C.CCCC(=O)c1ccc(-n2cnc3c(NCCC(F)(F)F)cc(Oc4ccccc4OC)cc32)cc1C. The van der Waals surface area contributed by atoms with Gasteiger partial charge in [-0.1, -0.05) is 38.1 Å². The number of para-hydroxylation sites is 4. The predicted molar refractivity (Wildman–Crippen MR) is 270 cm³/mol. The van der Waals surface area contributed by atoms with E-state index in [1.165, 1.54) is 13.2 Å². The summed E-state index contributed by atoms with van der Waals surface area (Å²) in [6, 6.07) is 31.2. The number of aryl methyl sites for hydroxylation is 2. The Morgan fingerprint density at radius 2 is 1.01 bits per heavy atom. The minimum atomic E-state index is -4.30. The molecule has 0 bridgehead atoms. The van der Waals surface area contributed by atoms with Crippen LogP contribution in [0.1, 0.15) is 84.2 Å². The van der Waals surface area contributed by atoms with E-state index >= 15 is 0 Å². The molecule has 0 unspecified atom stereocenters. The summed E-state index contributed by atoms with van der Waals surface area (Å²) < 4.78 is 97.6. The molecule has 73 heavy (non-hydrogen) atoms. The van der Waals surface area contributed by atoms with Crippen LogP contribution in [0.2, 0.25) is 0 Å². The molecule has 2 heterocycles. The molecule has 6 aromatic carbocycles. The Kier molecular flexibility index (Phi) is 16.7. The minimum Gasteiger partial charge on any atom is -0.504 e. The number of anilines is 2. The number of rotatable bonds is 19. The van der Waals surface area contributed by atoms with Crippen molar-refractivity contribution in [1.82, 2.24) is 19.1 Å². The van der Waals surface area contributed by atoms with Gasteiger partial charge in [0.1, 0.15) is 35.2 Å². The molecule has 382 valence electrons. The number of ketones is 2. The smallest absolute Gasteiger partial charge is 0.390 e. The zero-order chi connectivity index (χ0) is 52.5. The number of hydrogen-bond acceptors (Lipinski definition) is 10.